The van der Waals surface area contributed by atoms with Crippen molar-refractivity contribution < 1.29 is 48.9 Å². The Labute approximate surface area is 169 Å². The van der Waals surface area contributed by atoms with Gasteiger partial charge in [0, 0.05) is 6.42 Å². The summed E-state index contributed by atoms with van der Waals surface area (Å²) in [6, 6.07) is -5.00. The summed E-state index contributed by atoms with van der Waals surface area (Å²) in [5.41, 5.74) is 9.99. The van der Waals surface area contributed by atoms with Gasteiger partial charge in [0.25, 0.3) is 0 Å². The maximum absolute atomic E-state index is 12.4. The lowest BCUT2D eigenvalue weighted by Gasteiger charge is -2.23. The van der Waals surface area contributed by atoms with Crippen molar-refractivity contribution >= 4 is 41.5 Å². The molecule has 0 aliphatic carbocycles. The number of carboxylic acid groups (broad SMARTS) is 3. The van der Waals surface area contributed by atoms with Crippen LogP contribution in [0.5, 0.6) is 0 Å². The summed E-state index contributed by atoms with van der Waals surface area (Å²) in [5, 5.41) is 32.7. The first kappa shape index (κ1) is 26.2. The minimum atomic E-state index is -1.74. The first-order chi connectivity index (χ1) is 13.9. The average Bonchev–Trinajstić information content (AvgIpc) is 2.62. The Kier molecular flexibility index (Phi) is 11.1. The molecule has 4 amide bonds. The van der Waals surface area contributed by atoms with Crippen molar-refractivity contribution in [2.75, 3.05) is 6.54 Å². The van der Waals surface area contributed by atoms with E-state index in [4.69, 9.17) is 26.8 Å². The van der Waals surface area contributed by atoms with Gasteiger partial charge in [-0.05, 0) is 6.42 Å². The fraction of sp³-hybridized carbons (Fsp3) is 0.533. The molecule has 0 rings (SSSR count). The molecule has 15 heteroatoms. The van der Waals surface area contributed by atoms with Gasteiger partial charge in [0.15, 0.2) is 0 Å². The lowest BCUT2D eigenvalue weighted by atomic mass is 10.1. The second-order valence-corrected chi connectivity index (χ2v) is 5.99. The normalized spacial score (nSPS) is 13.2. The summed E-state index contributed by atoms with van der Waals surface area (Å²) in [4.78, 5) is 79.9. The number of nitrogens with two attached hydrogens (primary N) is 2. The van der Waals surface area contributed by atoms with Crippen LogP contribution in [-0.2, 0) is 33.6 Å². The highest BCUT2D eigenvalue weighted by Gasteiger charge is 2.31. The van der Waals surface area contributed by atoms with E-state index >= 15 is 0 Å². The van der Waals surface area contributed by atoms with Crippen LogP contribution < -0.4 is 27.4 Å². The second kappa shape index (κ2) is 12.7. The van der Waals surface area contributed by atoms with Crippen LogP contribution in [0.3, 0.4) is 0 Å². The molecule has 0 radical (unpaired) electrons. The third-order valence-electron chi connectivity index (χ3n) is 3.52. The number of nitrogens with one attached hydrogen (secondary N) is 3. The molecule has 3 unspecified atom stereocenters. The standard InChI is InChI=1S/C15H23N5O10/c16-5-10(22)18-7(4-12(25)26)14(28)19-6(1-2-11(23)24)13(27)20-8(15(29)30)3-9(17)21/h6-8H,1-5,16H2,(H2,17,21)(H,18,22)(H,19,28)(H,20,27)(H,23,24)(H,25,26)(H,29,30). The third kappa shape index (κ3) is 10.5. The third-order valence-corrected chi connectivity index (χ3v) is 3.52. The van der Waals surface area contributed by atoms with Gasteiger partial charge in [0.05, 0.1) is 19.4 Å². The van der Waals surface area contributed by atoms with Crippen LogP contribution in [0.15, 0.2) is 0 Å². The summed E-state index contributed by atoms with van der Waals surface area (Å²) >= 11 is 0. The predicted molar refractivity (Wildman–Crippen MR) is 95.4 cm³/mol. The second-order valence-electron chi connectivity index (χ2n) is 5.99. The fourth-order valence-corrected chi connectivity index (χ4v) is 2.12. The number of carbonyl (C=O) groups excluding carboxylic acids is 4. The van der Waals surface area contributed by atoms with E-state index in [1.807, 2.05) is 10.6 Å². The first-order valence-electron chi connectivity index (χ1n) is 8.42. The molecular weight excluding hydrogens is 410 g/mol. The van der Waals surface area contributed by atoms with Gasteiger partial charge < -0.3 is 42.7 Å². The zero-order chi connectivity index (χ0) is 23.4. The summed E-state index contributed by atoms with van der Waals surface area (Å²) in [7, 11) is 0. The molecule has 0 heterocycles. The Bertz CT molecular complexity index is 710. The SMILES string of the molecule is NCC(=O)NC(CC(=O)O)C(=O)NC(CCC(=O)O)C(=O)NC(CC(N)=O)C(=O)O. The van der Waals surface area contributed by atoms with Gasteiger partial charge in [0.1, 0.15) is 18.1 Å². The van der Waals surface area contributed by atoms with Crippen LogP contribution in [0.2, 0.25) is 0 Å². The van der Waals surface area contributed by atoms with Crippen LogP contribution in [-0.4, -0.2) is 81.5 Å². The number of carbonyl (C=O) groups is 7. The number of hydrogen-bond acceptors (Lipinski definition) is 8. The maximum Gasteiger partial charge on any atom is 0.326 e. The number of aliphatic carboxylic acids is 3. The van der Waals surface area contributed by atoms with E-state index in [0.717, 1.165) is 0 Å². The van der Waals surface area contributed by atoms with Gasteiger partial charge >= 0.3 is 17.9 Å². The van der Waals surface area contributed by atoms with E-state index in [1.165, 1.54) is 0 Å². The molecule has 0 fully saturated rings. The van der Waals surface area contributed by atoms with E-state index in [0.29, 0.717) is 0 Å². The predicted octanol–water partition coefficient (Wildman–Crippen LogP) is -4.30. The Morgan fingerprint density at radius 3 is 1.70 bits per heavy atom. The van der Waals surface area contributed by atoms with Gasteiger partial charge in [-0.1, -0.05) is 0 Å². The lowest BCUT2D eigenvalue weighted by molar-refractivity contribution is -0.144. The molecule has 0 aromatic heterocycles. The minimum absolute atomic E-state index is 0.500. The van der Waals surface area contributed by atoms with Crippen molar-refractivity contribution in [3.63, 3.8) is 0 Å². The zero-order valence-corrected chi connectivity index (χ0v) is 15.6. The summed E-state index contributed by atoms with van der Waals surface area (Å²) in [6.07, 6.45) is -2.76. The largest absolute Gasteiger partial charge is 0.481 e. The average molecular weight is 433 g/mol. The van der Waals surface area contributed by atoms with Crippen LogP contribution in [0.4, 0.5) is 0 Å². The summed E-state index contributed by atoms with van der Waals surface area (Å²) in [6.45, 7) is -0.556. The smallest absolute Gasteiger partial charge is 0.326 e. The topological polar surface area (TPSA) is 268 Å². The molecule has 30 heavy (non-hydrogen) atoms. The van der Waals surface area contributed by atoms with Crippen LogP contribution in [0.25, 0.3) is 0 Å². The first-order valence-corrected chi connectivity index (χ1v) is 8.42. The molecule has 0 aliphatic heterocycles. The van der Waals surface area contributed by atoms with E-state index in [9.17, 15) is 33.6 Å². The lowest BCUT2D eigenvalue weighted by Crippen LogP contribution is -2.57. The van der Waals surface area contributed by atoms with Gasteiger partial charge in [0.2, 0.25) is 23.6 Å². The van der Waals surface area contributed by atoms with Gasteiger partial charge in [-0.2, -0.15) is 0 Å². The van der Waals surface area contributed by atoms with Crippen LogP contribution >= 0.6 is 0 Å². The van der Waals surface area contributed by atoms with Crippen molar-refractivity contribution in [2.24, 2.45) is 11.5 Å². The van der Waals surface area contributed by atoms with Crippen molar-refractivity contribution in [3.8, 4) is 0 Å². The van der Waals surface area contributed by atoms with Crippen molar-refractivity contribution in [1.29, 1.82) is 0 Å². The molecule has 0 spiro atoms. The van der Waals surface area contributed by atoms with Crippen molar-refractivity contribution in [2.45, 2.75) is 43.8 Å². The Morgan fingerprint density at radius 1 is 0.733 bits per heavy atom. The number of amides is 4. The Hall–Kier alpha value is -3.75. The van der Waals surface area contributed by atoms with Crippen LogP contribution in [0, 0.1) is 0 Å². The molecule has 0 aliphatic rings. The molecule has 10 N–H and O–H groups in total. The van der Waals surface area contributed by atoms with E-state index in [1.54, 1.807) is 0 Å². The number of hydrogen-bond donors (Lipinski definition) is 8. The highest BCUT2D eigenvalue weighted by molar-refractivity contribution is 5.95. The van der Waals surface area contributed by atoms with Gasteiger partial charge in [-0.15, -0.1) is 0 Å². The molecule has 0 bridgehead atoms. The molecule has 0 aromatic carbocycles. The van der Waals surface area contributed by atoms with E-state index in [-0.39, 0.29) is 0 Å². The summed E-state index contributed by atoms with van der Waals surface area (Å²) < 4.78 is 0. The Morgan fingerprint density at radius 2 is 1.27 bits per heavy atom. The monoisotopic (exact) mass is 433 g/mol. The number of rotatable bonds is 14. The fourth-order valence-electron chi connectivity index (χ4n) is 2.12. The number of primary amides is 1. The summed E-state index contributed by atoms with van der Waals surface area (Å²) in [5.74, 6) is -8.62. The highest BCUT2D eigenvalue weighted by Crippen LogP contribution is 2.03. The van der Waals surface area contributed by atoms with E-state index in [2.05, 4.69) is 5.32 Å². The molecule has 15 nitrogen and oxygen atoms in total. The van der Waals surface area contributed by atoms with Crippen molar-refractivity contribution in [3.05, 3.63) is 0 Å². The van der Waals surface area contributed by atoms with Crippen molar-refractivity contribution in [1.82, 2.24) is 16.0 Å². The van der Waals surface area contributed by atoms with E-state index < -0.39 is 91.9 Å². The maximum atomic E-state index is 12.4. The molecule has 3 atom stereocenters. The van der Waals surface area contributed by atoms with Gasteiger partial charge in [-0.3, -0.25) is 28.8 Å². The molecule has 0 aromatic rings. The zero-order valence-electron chi connectivity index (χ0n) is 15.6. The quantitative estimate of drug-likeness (QED) is 0.130. The Balaban J connectivity index is 5.48. The molecular formula is C15H23N5O10. The van der Waals surface area contributed by atoms with Gasteiger partial charge in [-0.25, -0.2) is 4.79 Å². The highest BCUT2D eigenvalue weighted by atomic mass is 16.4. The van der Waals surface area contributed by atoms with Crippen LogP contribution in [0.1, 0.15) is 25.7 Å². The molecule has 0 saturated heterocycles. The molecule has 168 valence electrons. The number of carboxylic acids is 3. The minimum Gasteiger partial charge on any atom is -0.481 e. The molecule has 0 saturated carbocycles.